The van der Waals surface area contributed by atoms with E-state index in [1.54, 1.807) is 0 Å². The summed E-state index contributed by atoms with van der Waals surface area (Å²) in [4.78, 5) is 4.33. The topological polar surface area (TPSA) is 43.3 Å². The van der Waals surface area contributed by atoms with Crippen LogP contribution in [0.4, 0.5) is 0 Å². The fourth-order valence-corrected chi connectivity index (χ4v) is 4.69. The summed E-state index contributed by atoms with van der Waals surface area (Å²) < 4.78 is 2.34. The Hall–Kier alpha value is -4.63. The molecular formula is C33H29N3. The fourth-order valence-electron chi connectivity index (χ4n) is 4.69. The molecular weight excluding hydrogens is 438 g/mol. The van der Waals surface area contributed by atoms with E-state index in [0.717, 1.165) is 29.8 Å². The molecule has 0 fully saturated rings. The van der Waals surface area contributed by atoms with E-state index in [4.69, 9.17) is 5.73 Å². The number of rotatable bonds is 8. The van der Waals surface area contributed by atoms with Crippen LogP contribution in [0.5, 0.6) is 0 Å². The number of aliphatic imine (C=N–C) groups is 1. The van der Waals surface area contributed by atoms with Gasteiger partial charge in [0.05, 0.1) is 16.7 Å². The van der Waals surface area contributed by atoms with E-state index in [-0.39, 0.29) is 0 Å². The minimum absolute atomic E-state index is 0.880. The minimum Gasteiger partial charge on any atom is -0.405 e. The molecule has 1 heterocycles. The summed E-state index contributed by atoms with van der Waals surface area (Å²) in [6, 6.07) is 34.4. The van der Waals surface area contributed by atoms with Gasteiger partial charge in [0.2, 0.25) is 0 Å². The number of para-hydroxylation sites is 1. The van der Waals surface area contributed by atoms with Crippen LogP contribution in [0.25, 0.3) is 44.3 Å². The van der Waals surface area contributed by atoms with Gasteiger partial charge in [-0.25, -0.2) is 0 Å². The first-order chi connectivity index (χ1) is 17.8. The van der Waals surface area contributed by atoms with Gasteiger partial charge in [0.1, 0.15) is 0 Å². The van der Waals surface area contributed by atoms with Gasteiger partial charge in [0.25, 0.3) is 0 Å². The molecule has 0 bridgehead atoms. The molecule has 5 rings (SSSR count). The zero-order valence-corrected chi connectivity index (χ0v) is 20.2. The maximum atomic E-state index is 5.38. The van der Waals surface area contributed by atoms with E-state index >= 15 is 0 Å². The summed E-state index contributed by atoms with van der Waals surface area (Å²) in [6.07, 6.45) is 11.4. The molecule has 0 spiro atoms. The molecule has 0 saturated heterocycles. The lowest BCUT2D eigenvalue weighted by molar-refractivity contribution is 1.05. The van der Waals surface area contributed by atoms with Gasteiger partial charge >= 0.3 is 0 Å². The summed E-state index contributed by atoms with van der Waals surface area (Å²) >= 11 is 0. The van der Waals surface area contributed by atoms with Crippen molar-refractivity contribution >= 4 is 34.2 Å². The SMILES string of the molecule is C=N/C(=C\CC/C=C\C=C/N)c1cccc(-n2c3ccccc3c3cc(-c4ccccc4)ccc32)c1. The zero-order valence-electron chi connectivity index (χ0n) is 20.2. The highest BCUT2D eigenvalue weighted by Crippen LogP contribution is 2.35. The predicted octanol–water partition coefficient (Wildman–Crippen LogP) is 8.30. The van der Waals surface area contributed by atoms with Gasteiger partial charge in [0, 0.05) is 22.0 Å². The molecule has 5 aromatic rings. The molecule has 3 heteroatoms. The van der Waals surface area contributed by atoms with Gasteiger partial charge in [-0.05, 0) is 73.3 Å². The van der Waals surface area contributed by atoms with Gasteiger partial charge in [-0.15, -0.1) is 0 Å². The zero-order chi connectivity index (χ0) is 24.7. The van der Waals surface area contributed by atoms with E-state index < -0.39 is 0 Å². The van der Waals surface area contributed by atoms with Crippen molar-refractivity contribution in [1.29, 1.82) is 0 Å². The highest BCUT2D eigenvalue weighted by molar-refractivity contribution is 6.10. The lowest BCUT2D eigenvalue weighted by Gasteiger charge is -2.11. The highest BCUT2D eigenvalue weighted by atomic mass is 15.0. The van der Waals surface area contributed by atoms with Crippen LogP contribution in [0.2, 0.25) is 0 Å². The van der Waals surface area contributed by atoms with Gasteiger partial charge < -0.3 is 10.3 Å². The van der Waals surface area contributed by atoms with Crippen LogP contribution < -0.4 is 5.73 Å². The number of hydrogen-bond donors (Lipinski definition) is 1. The van der Waals surface area contributed by atoms with E-state index in [1.165, 1.54) is 39.1 Å². The smallest absolute Gasteiger partial charge is 0.0655 e. The second-order valence-electron chi connectivity index (χ2n) is 8.64. The van der Waals surface area contributed by atoms with E-state index in [1.807, 2.05) is 12.2 Å². The van der Waals surface area contributed by atoms with Gasteiger partial charge in [0.15, 0.2) is 0 Å². The maximum absolute atomic E-state index is 5.38. The van der Waals surface area contributed by atoms with E-state index in [2.05, 4.69) is 125 Å². The number of allylic oxidation sites excluding steroid dienone is 4. The van der Waals surface area contributed by atoms with Crippen LogP contribution in [0.15, 0.2) is 133 Å². The first-order valence-electron chi connectivity index (χ1n) is 12.2. The molecule has 36 heavy (non-hydrogen) atoms. The highest BCUT2D eigenvalue weighted by Gasteiger charge is 2.13. The van der Waals surface area contributed by atoms with E-state index in [9.17, 15) is 0 Å². The molecule has 0 saturated carbocycles. The Balaban J connectivity index is 1.58. The second kappa shape index (κ2) is 10.7. The largest absolute Gasteiger partial charge is 0.405 e. The predicted molar refractivity (Wildman–Crippen MR) is 155 cm³/mol. The Kier molecular flexibility index (Phi) is 6.90. The van der Waals surface area contributed by atoms with Gasteiger partial charge in [-0.1, -0.05) is 85.0 Å². The summed E-state index contributed by atoms with van der Waals surface area (Å²) in [5.41, 5.74) is 13.2. The van der Waals surface area contributed by atoms with Crippen LogP contribution in [0, 0.1) is 0 Å². The van der Waals surface area contributed by atoms with Crippen molar-refractivity contribution < 1.29 is 0 Å². The molecule has 0 aliphatic carbocycles. The quantitative estimate of drug-likeness (QED) is 0.139. The molecule has 176 valence electrons. The average molecular weight is 468 g/mol. The Morgan fingerprint density at radius 2 is 1.56 bits per heavy atom. The lowest BCUT2D eigenvalue weighted by Crippen LogP contribution is -1.95. The number of aromatic nitrogens is 1. The van der Waals surface area contributed by atoms with Crippen molar-refractivity contribution in [2.45, 2.75) is 12.8 Å². The Morgan fingerprint density at radius 3 is 2.39 bits per heavy atom. The Bertz CT molecular complexity index is 1600. The Labute approximate surface area is 212 Å². The molecule has 0 aliphatic heterocycles. The minimum atomic E-state index is 0.880. The molecule has 0 unspecified atom stereocenters. The fraction of sp³-hybridized carbons (Fsp3) is 0.0606. The summed E-state index contributed by atoms with van der Waals surface area (Å²) in [5.74, 6) is 0. The van der Waals surface area contributed by atoms with Crippen molar-refractivity contribution in [3.63, 3.8) is 0 Å². The third-order valence-corrected chi connectivity index (χ3v) is 6.38. The molecule has 0 aliphatic rings. The van der Waals surface area contributed by atoms with Crippen molar-refractivity contribution in [3.8, 4) is 16.8 Å². The molecule has 2 N–H and O–H groups in total. The van der Waals surface area contributed by atoms with Crippen LogP contribution in [0.1, 0.15) is 18.4 Å². The summed E-state index contributed by atoms with van der Waals surface area (Å²) in [7, 11) is 0. The van der Waals surface area contributed by atoms with Crippen LogP contribution in [0.3, 0.4) is 0 Å². The Morgan fingerprint density at radius 1 is 0.750 bits per heavy atom. The van der Waals surface area contributed by atoms with Crippen molar-refractivity contribution in [2.75, 3.05) is 0 Å². The first-order valence-corrected chi connectivity index (χ1v) is 12.2. The number of nitrogens with zero attached hydrogens (tertiary/aromatic N) is 2. The standard InChI is InChI=1S/C33H29N3/c1-35-31(18-8-3-2-4-11-22-34)27-15-12-16-28(23-27)36-32-19-10-9-17-29(32)30-24-26(20-21-33(30)36)25-13-6-5-7-14-25/h2,4-7,9-24H,1,3,8,34H2/b4-2-,22-11-,31-18-. The number of benzene rings is 4. The van der Waals surface area contributed by atoms with Crippen molar-refractivity contribution in [2.24, 2.45) is 10.7 Å². The normalized spacial score (nSPS) is 12.3. The summed E-state index contributed by atoms with van der Waals surface area (Å²) in [5, 5.41) is 2.49. The number of fused-ring (bicyclic) bond motifs is 3. The van der Waals surface area contributed by atoms with Gasteiger partial charge in [-0.2, -0.15) is 0 Å². The lowest BCUT2D eigenvalue weighted by atomic mass is 10.0. The third-order valence-electron chi connectivity index (χ3n) is 6.38. The molecule has 1 aromatic heterocycles. The number of unbranched alkanes of at least 4 members (excludes halogenated alkanes) is 1. The van der Waals surface area contributed by atoms with Crippen molar-refractivity contribution in [1.82, 2.24) is 4.57 Å². The second-order valence-corrected chi connectivity index (χ2v) is 8.64. The number of nitrogens with two attached hydrogens (primary N) is 1. The maximum Gasteiger partial charge on any atom is 0.0655 e. The van der Waals surface area contributed by atoms with Crippen LogP contribution in [-0.2, 0) is 0 Å². The van der Waals surface area contributed by atoms with Gasteiger partial charge in [-0.3, -0.25) is 4.99 Å². The molecule has 3 nitrogen and oxygen atoms in total. The first kappa shape index (κ1) is 23.1. The summed E-state index contributed by atoms with van der Waals surface area (Å²) in [6.45, 7) is 3.83. The van der Waals surface area contributed by atoms with Crippen molar-refractivity contribution in [3.05, 3.63) is 133 Å². The van der Waals surface area contributed by atoms with Crippen LogP contribution in [-0.4, -0.2) is 11.3 Å². The number of hydrogen-bond acceptors (Lipinski definition) is 2. The molecule has 4 aromatic carbocycles. The molecule has 0 atom stereocenters. The van der Waals surface area contributed by atoms with E-state index in [0.29, 0.717) is 0 Å². The molecule has 0 amide bonds. The van der Waals surface area contributed by atoms with Crippen LogP contribution >= 0.6 is 0 Å². The monoisotopic (exact) mass is 467 g/mol. The third kappa shape index (κ3) is 4.64. The average Bonchev–Trinajstić information content (AvgIpc) is 3.27. The molecule has 0 radical (unpaired) electrons.